The van der Waals surface area contributed by atoms with Crippen molar-refractivity contribution in [3.05, 3.63) is 0 Å². The van der Waals surface area contributed by atoms with Crippen LogP contribution in [0.25, 0.3) is 0 Å². The lowest BCUT2D eigenvalue weighted by atomic mass is 10.2. The number of carbonyl (C=O) groups excluding carboxylic acids is 2. The zero-order chi connectivity index (χ0) is 15.1. The first-order valence-corrected chi connectivity index (χ1v) is 5.89. The number of carbonyl (C=O) groups is 2. The van der Waals surface area contributed by atoms with E-state index in [1.165, 1.54) is 0 Å². The largest absolute Gasteiger partial charge is 0.448 e. The summed E-state index contributed by atoms with van der Waals surface area (Å²) in [5, 5.41) is -2.71. The highest BCUT2D eigenvalue weighted by molar-refractivity contribution is 8.02. The number of hydrogen-bond donors (Lipinski definition) is 0. The fourth-order valence-corrected chi connectivity index (χ4v) is 2.60. The minimum Gasteiger partial charge on any atom is -0.428 e. The van der Waals surface area contributed by atoms with Gasteiger partial charge >= 0.3 is 23.3 Å². The molecule has 1 unspecified atom stereocenters. The zero-order valence-corrected chi connectivity index (χ0v) is 10.3. The van der Waals surface area contributed by atoms with Crippen LogP contribution in [0.15, 0.2) is 0 Å². The van der Waals surface area contributed by atoms with Crippen molar-refractivity contribution in [1.29, 1.82) is 0 Å². The fourth-order valence-electron chi connectivity index (χ4n) is 1.31. The third-order valence-electron chi connectivity index (χ3n) is 2.16. The molecule has 19 heavy (non-hydrogen) atoms. The molecule has 0 aliphatic carbocycles. The van der Waals surface area contributed by atoms with Crippen LogP contribution in [0.3, 0.4) is 0 Å². The van der Waals surface area contributed by atoms with E-state index in [0.717, 1.165) is 0 Å². The van der Waals surface area contributed by atoms with Gasteiger partial charge in [-0.25, -0.2) is 0 Å². The van der Waals surface area contributed by atoms with Gasteiger partial charge in [-0.1, -0.05) is 11.8 Å². The Balaban J connectivity index is 3.00. The highest BCUT2D eigenvalue weighted by Crippen LogP contribution is 2.58. The van der Waals surface area contributed by atoms with Gasteiger partial charge in [-0.15, -0.1) is 0 Å². The van der Waals surface area contributed by atoms with Gasteiger partial charge in [0.25, 0.3) is 0 Å². The van der Waals surface area contributed by atoms with Gasteiger partial charge in [-0.3, -0.25) is 9.59 Å². The Bertz CT molecular complexity index is 379. The number of thioether (sulfide) groups is 1. The molecular formula is C8H5ClF6O3S. The molecule has 0 N–H and O–H groups in total. The molecule has 0 aromatic carbocycles. The molecule has 0 radical (unpaired) electrons. The van der Waals surface area contributed by atoms with E-state index in [4.69, 9.17) is 11.6 Å². The summed E-state index contributed by atoms with van der Waals surface area (Å²) >= 11 is 4.20. The van der Waals surface area contributed by atoms with Crippen LogP contribution in [0.5, 0.6) is 0 Å². The number of hydrogen-bond acceptors (Lipinski definition) is 4. The quantitative estimate of drug-likeness (QED) is 0.453. The van der Waals surface area contributed by atoms with Crippen molar-refractivity contribution in [1.82, 2.24) is 0 Å². The molecule has 11 heteroatoms. The van der Waals surface area contributed by atoms with Crippen LogP contribution in [-0.4, -0.2) is 33.7 Å². The second kappa shape index (κ2) is 5.04. The van der Waals surface area contributed by atoms with E-state index in [-0.39, 0.29) is 0 Å². The Labute approximate surface area is 111 Å². The summed E-state index contributed by atoms with van der Waals surface area (Å²) in [6.45, 7) is 0. The maximum Gasteiger partial charge on any atom is 0.448 e. The monoisotopic (exact) mass is 330 g/mol. The second-order valence-electron chi connectivity index (χ2n) is 3.53. The van der Waals surface area contributed by atoms with E-state index in [1.807, 2.05) is 0 Å². The summed E-state index contributed by atoms with van der Waals surface area (Å²) in [6.07, 6.45) is -12.7. The normalized spacial score (nSPS) is 23.3. The van der Waals surface area contributed by atoms with Crippen molar-refractivity contribution < 1.29 is 40.7 Å². The molecule has 110 valence electrons. The molecule has 1 fully saturated rings. The zero-order valence-electron chi connectivity index (χ0n) is 8.77. The Morgan fingerprint density at radius 1 is 1.26 bits per heavy atom. The van der Waals surface area contributed by atoms with E-state index in [0.29, 0.717) is 0 Å². The third-order valence-corrected chi connectivity index (χ3v) is 3.94. The van der Waals surface area contributed by atoms with Crippen molar-refractivity contribution in [3.63, 3.8) is 0 Å². The summed E-state index contributed by atoms with van der Waals surface area (Å²) in [7, 11) is 0. The SMILES string of the molecule is O=C(Cl)CCC1SC(C(F)(F)F)(C(F)(F)F)OC1=O. The summed E-state index contributed by atoms with van der Waals surface area (Å²) in [4.78, 5) is 16.9. The Morgan fingerprint density at radius 3 is 2.05 bits per heavy atom. The average molecular weight is 331 g/mol. The molecule has 3 nitrogen and oxygen atoms in total. The molecule has 0 spiro atoms. The standard InChI is InChI=1S/C8H5ClF6O3S/c9-4(16)2-1-3-5(17)18-6(19-3,7(10,11)12)8(13,14)15/h3H,1-2H2. The molecule has 0 saturated carbocycles. The van der Waals surface area contributed by atoms with Crippen LogP contribution in [0.1, 0.15) is 12.8 Å². The number of rotatable bonds is 3. The molecule has 0 amide bonds. The fraction of sp³-hybridized carbons (Fsp3) is 0.750. The molecule has 0 bridgehead atoms. The van der Waals surface area contributed by atoms with E-state index in [2.05, 4.69) is 4.74 Å². The molecular weight excluding hydrogens is 326 g/mol. The van der Waals surface area contributed by atoms with Crippen LogP contribution in [0, 0.1) is 0 Å². The lowest BCUT2D eigenvalue weighted by Gasteiger charge is -2.30. The van der Waals surface area contributed by atoms with Crippen LogP contribution < -0.4 is 0 Å². The van der Waals surface area contributed by atoms with Crippen molar-refractivity contribution in [2.24, 2.45) is 0 Å². The molecule has 1 rings (SSSR count). The topological polar surface area (TPSA) is 43.4 Å². The molecule has 1 heterocycles. The number of cyclic esters (lactones) is 1. The Kier molecular flexibility index (Phi) is 4.35. The second-order valence-corrected chi connectivity index (χ2v) is 5.33. The smallest absolute Gasteiger partial charge is 0.428 e. The van der Waals surface area contributed by atoms with Crippen molar-refractivity contribution in [3.8, 4) is 0 Å². The number of alkyl halides is 6. The predicted molar refractivity (Wildman–Crippen MR) is 52.4 cm³/mol. The number of halogens is 7. The first-order valence-electron chi connectivity index (χ1n) is 4.63. The van der Waals surface area contributed by atoms with Gasteiger partial charge < -0.3 is 4.74 Å². The molecule has 0 aromatic rings. The van der Waals surface area contributed by atoms with Crippen molar-refractivity contribution in [2.45, 2.75) is 35.4 Å². The third kappa shape index (κ3) is 3.10. The van der Waals surface area contributed by atoms with Gasteiger partial charge in [-0.05, 0) is 18.0 Å². The summed E-state index contributed by atoms with van der Waals surface area (Å²) in [5.74, 6) is -1.67. The van der Waals surface area contributed by atoms with Gasteiger partial charge in [0, 0.05) is 6.42 Å². The van der Waals surface area contributed by atoms with Crippen LogP contribution in [0.4, 0.5) is 26.3 Å². The van der Waals surface area contributed by atoms with Gasteiger partial charge in [0.1, 0.15) is 5.25 Å². The molecule has 0 aromatic heterocycles. The van der Waals surface area contributed by atoms with E-state index >= 15 is 0 Å². The predicted octanol–water partition coefficient (Wildman–Crippen LogP) is 3.01. The van der Waals surface area contributed by atoms with Crippen molar-refractivity contribution >= 4 is 34.6 Å². The van der Waals surface area contributed by atoms with Crippen LogP contribution in [-0.2, 0) is 14.3 Å². The van der Waals surface area contributed by atoms with E-state index < -0.39 is 58.4 Å². The molecule has 1 saturated heterocycles. The first kappa shape index (κ1) is 16.4. The van der Waals surface area contributed by atoms with Crippen LogP contribution in [0.2, 0.25) is 0 Å². The highest BCUT2D eigenvalue weighted by Gasteiger charge is 2.78. The number of esters is 1. The molecule has 1 aliphatic rings. The first-order chi connectivity index (χ1) is 8.41. The van der Waals surface area contributed by atoms with E-state index in [1.54, 1.807) is 0 Å². The highest BCUT2D eigenvalue weighted by atomic mass is 35.5. The van der Waals surface area contributed by atoms with Gasteiger partial charge in [0.15, 0.2) is 0 Å². The average Bonchev–Trinajstić information content (AvgIpc) is 2.52. The van der Waals surface area contributed by atoms with Crippen molar-refractivity contribution in [2.75, 3.05) is 0 Å². The maximum absolute atomic E-state index is 12.5. The summed E-state index contributed by atoms with van der Waals surface area (Å²) in [5.41, 5.74) is 0. The summed E-state index contributed by atoms with van der Waals surface area (Å²) in [6, 6.07) is 0. The number of ether oxygens (including phenoxy) is 1. The summed E-state index contributed by atoms with van der Waals surface area (Å²) < 4.78 is 78.8. The van der Waals surface area contributed by atoms with E-state index in [9.17, 15) is 35.9 Å². The Hall–Kier alpha value is -0.640. The van der Waals surface area contributed by atoms with Crippen LogP contribution >= 0.6 is 23.4 Å². The minimum atomic E-state index is -5.81. The maximum atomic E-state index is 12.5. The van der Waals surface area contributed by atoms with Gasteiger partial charge in [0.2, 0.25) is 5.24 Å². The van der Waals surface area contributed by atoms with Gasteiger partial charge in [0.05, 0.1) is 0 Å². The molecule has 1 atom stereocenters. The van der Waals surface area contributed by atoms with Gasteiger partial charge in [-0.2, -0.15) is 26.3 Å². The minimum absolute atomic E-state index is 0.528. The lowest BCUT2D eigenvalue weighted by molar-refractivity contribution is -0.327. The Morgan fingerprint density at radius 2 is 1.74 bits per heavy atom. The molecule has 1 aliphatic heterocycles. The lowest BCUT2D eigenvalue weighted by Crippen LogP contribution is -2.54.